The lowest BCUT2D eigenvalue weighted by molar-refractivity contribution is -0.118. The molecule has 0 fully saturated rings. The molecule has 0 bridgehead atoms. The summed E-state index contributed by atoms with van der Waals surface area (Å²) in [5.74, 6) is 0.277. The van der Waals surface area contributed by atoms with E-state index in [-0.39, 0.29) is 18.4 Å². The molecule has 0 radical (unpaired) electrons. The molecule has 0 atom stereocenters. The summed E-state index contributed by atoms with van der Waals surface area (Å²) >= 11 is 3.54. The first-order valence-electron chi connectivity index (χ1n) is 9.81. The Morgan fingerprint density at radius 3 is 2.62 bits per heavy atom. The van der Waals surface area contributed by atoms with Gasteiger partial charge < -0.3 is 14.8 Å². The molecule has 0 spiro atoms. The highest BCUT2D eigenvalue weighted by molar-refractivity contribution is 9.10. The van der Waals surface area contributed by atoms with Crippen molar-refractivity contribution in [1.82, 2.24) is 0 Å². The number of unbranched alkanes of at least 4 members (excludes halogenated alkanes) is 1. The minimum absolute atomic E-state index is 0.119. The standard InChI is InChI=1S/C23H28BrNO4/c1-5-6-10-28-23(27)17-8-7-9-18(12-17)25-22(26)14-29-21-11-16(4)20(24)13-19(21)15(2)3/h7-9,11-13,15H,5-6,10,14H2,1-4H3,(H,25,26). The number of nitrogens with one attached hydrogen (secondary N) is 1. The number of carbonyl (C=O) groups excluding carboxylic acids is 2. The van der Waals surface area contributed by atoms with E-state index in [0.29, 0.717) is 23.6 Å². The summed E-state index contributed by atoms with van der Waals surface area (Å²) in [6.07, 6.45) is 1.78. The highest BCUT2D eigenvalue weighted by Crippen LogP contribution is 2.32. The van der Waals surface area contributed by atoms with E-state index < -0.39 is 5.97 Å². The monoisotopic (exact) mass is 461 g/mol. The van der Waals surface area contributed by atoms with E-state index in [4.69, 9.17) is 9.47 Å². The SMILES string of the molecule is CCCCOC(=O)c1cccc(NC(=O)COc2cc(C)c(Br)cc2C(C)C)c1. The molecule has 5 nitrogen and oxygen atoms in total. The van der Waals surface area contributed by atoms with Gasteiger partial charge in [-0.3, -0.25) is 4.79 Å². The van der Waals surface area contributed by atoms with Crippen LogP contribution < -0.4 is 10.1 Å². The molecule has 156 valence electrons. The summed E-state index contributed by atoms with van der Waals surface area (Å²) < 4.78 is 12.0. The molecule has 0 unspecified atom stereocenters. The Bertz CT molecular complexity index is 864. The predicted octanol–water partition coefficient (Wildman–Crippen LogP) is 5.86. The number of hydrogen-bond donors (Lipinski definition) is 1. The second-order valence-corrected chi connectivity index (χ2v) is 8.06. The molecule has 6 heteroatoms. The van der Waals surface area contributed by atoms with Crippen LogP contribution in [0.5, 0.6) is 5.75 Å². The Morgan fingerprint density at radius 2 is 1.93 bits per heavy atom. The average molecular weight is 462 g/mol. The van der Waals surface area contributed by atoms with E-state index in [1.54, 1.807) is 24.3 Å². The van der Waals surface area contributed by atoms with Crippen LogP contribution in [0.25, 0.3) is 0 Å². The number of carbonyl (C=O) groups is 2. The highest BCUT2D eigenvalue weighted by atomic mass is 79.9. The maximum Gasteiger partial charge on any atom is 0.338 e. The van der Waals surface area contributed by atoms with E-state index >= 15 is 0 Å². The van der Waals surface area contributed by atoms with E-state index in [2.05, 4.69) is 35.1 Å². The van der Waals surface area contributed by atoms with Gasteiger partial charge in [0.05, 0.1) is 12.2 Å². The fourth-order valence-corrected chi connectivity index (χ4v) is 3.06. The van der Waals surface area contributed by atoms with Crippen molar-refractivity contribution in [2.24, 2.45) is 0 Å². The molecule has 2 aromatic rings. The first-order chi connectivity index (χ1) is 13.8. The van der Waals surface area contributed by atoms with Crippen LogP contribution in [0.3, 0.4) is 0 Å². The molecule has 0 saturated heterocycles. The topological polar surface area (TPSA) is 64.6 Å². The number of hydrogen-bond acceptors (Lipinski definition) is 4. The summed E-state index contributed by atoms with van der Waals surface area (Å²) in [6.45, 7) is 8.44. The number of halogens is 1. The van der Waals surface area contributed by atoms with Crippen LogP contribution in [0.2, 0.25) is 0 Å². The van der Waals surface area contributed by atoms with E-state index in [0.717, 1.165) is 28.4 Å². The molecule has 2 rings (SSSR count). The first kappa shape index (κ1) is 22.9. The van der Waals surface area contributed by atoms with Crippen LogP contribution >= 0.6 is 15.9 Å². The Labute approximate surface area is 180 Å². The molecule has 0 aliphatic heterocycles. The minimum atomic E-state index is -0.391. The van der Waals surface area contributed by atoms with Gasteiger partial charge in [-0.15, -0.1) is 0 Å². The third kappa shape index (κ3) is 6.89. The largest absolute Gasteiger partial charge is 0.483 e. The summed E-state index contributed by atoms with van der Waals surface area (Å²) in [5.41, 5.74) is 3.01. The van der Waals surface area contributed by atoms with Crippen LogP contribution in [0.4, 0.5) is 5.69 Å². The number of aryl methyl sites for hydroxylation is 1. The number of benzene rings is 2. The highest BCUT2D eigenvalue weighted by Gasteiger charge is 2.13. The van der Waals surface area contributed by atoms with Crippen molar-refractivity contribution in [3.05, 3.63) is 57.6 Å². The summed E-state index contributed by atoms with van der Waals surface area (Å²) in [4.78, 5) is 24.4. The molecule has 29 heavy (non-hydrogen) atoms. The molecular formula is C23H28BrNO4. The Morgan fingerprint density at radius 1 is 1.17 bits per heavy atom. The van der Waals surface area contributed by atoms with Crippen LogP contribution in [0.15, 0.2) is 40.9 Å². The van der Waals surface area contributed by atoms with Crippen molar-refractivity contribution >= 4 is 33.5 Å². The number of anilines is 1. The molecule has 1 amide bonds. The zero-order valence-electron chi connectivity index (χ0n) is 17.4. The van der Waals surface area contributed by atoms with Gasteiger partial charge in [-0.2, -0.15) is 0 Å². The fourth-order valence-electron chi connectivity index (χ4n) is 2.70. The van der Waals surface area contributed by atoms with Crippen molar-refractivity contribution in [1.29, 1.82) is 0 Å². The molecule has 0 heterocycles. The van der Waals surface area contributed by atoms with Crippen molar-refractivity contribution in [2.45, 2.75) is 46.5 Å². The Hall–Kier alpha value is -2.34. The van der Waals surface area contributed by atoms with Gasteiger partial charge in [-0.1, -0.05) is 49.2 Å². The zero-order valence-corrected chi connectivity index (χ0v) is 19.0. The van der Waals surface area contributed by atoms with Crippen LogP contribution in [0, 0.1) is 6.92 Å². The van der Waals surface area contributed by atoms with Crippen LogP contribution in [-0.2, 0) is 9.53 Å². The van der Waals surface area contributed by atoms with Crippen molar-refractivity contribution in [3.8, 4) is 5.75 Å². The van der Waals surface area contributed by atoms with Gasteiger partial charge >= 0.3 is 5.97 Å². The second-order valence-electron chi connectivity index (χ2n) is 7.20. The molecule has 1 N–H and O–H groups in total. The third-order valence-corrected chi connectivity index (χ3v) is 5.24. The number of esters is 1. The van der Waals surface area contributed by atoms with Gasteiger partial charge in [0.1, 0.15) is 5.75 Å². The maximum atomic E-state index is 12.3. The smallest absolute Gasteiger partial charge is 0.338 e. The zero-order chi connectivity index (χ0) is 21.4. The summed E-state index contributed by atoms with van der Waals surface area (Å²) in [5, 5.41) is 2.77. The lowest BCUT2D eigenvalue weighted by Gasteiger charge is -2.16. The van der Waals surface area contributed by atoms with E-state index in [1.807, 2.05) is 26.0 Å². The second kappa shape index (κ2) is 11.0. The molecule has 0 aromatic heterocycles. The lowest BCUT2D eigenvalue weighted by atomic mass is 10.0. The molecule has 0 saturated carbocycles. The molecular weight excluding hydrogens is 434 g/mol. The summed E-state index contributed by atoms with van der Waals surface area (Å²) in [6, 6.07) is 10.7. The third-order valence-electron chi connectivity index (χ3n) is 4.38. The molecule has 0 aliphatic carbocycles. The van der Waals surface area contributed by atoms with Gasteiger partial charge in [-0.25, -0.2) is 4.79 Å². The Kier molecular flexibility index (Phi) is 8.70. The van der Waals surface area contributed by atoms with Gasteiger partial charge in [0.15, 0.2) is 6.61 Å². The quantitative estimate of drug-likeness (QED) is 0.375. The van der Waals surface area contributed by atoms with Crippen molar-refractivity contribution in [2.75, 3.05) is 18.5 Å². The fraction of sp³-hybridized carbons (Fsp3) is 0.391. The van der Waals surface area contributed by atoms with Crippen molar-refractivity contribution < 1.29 is 19.1 Å². The number of amides is 1. The van der Waals surface area contributed by atoms with Gasteiger partial charge in [0.25, 0.3) is 5.91 Å². The number of ether oxygens (including phenoxy) is 2. The summed E-state index contributed by atoms with van der Waals surface area (Å²) in [7, 11) is 0. The van der Waals surface area contributed by atoms with E-state index in [9.17, 15) is 9.59 Å². The van der Waals surface area contributed by atoms with Crippen LogP contribution in [-0.4, -0.2) is 25.1 Å². The molecule has 2 aromatic carbocycles. The normalized spacial score (nSPS) is 10.7. The molecule has 0 aliphatic rings. The maximum absolute atomic E-state index is 12.3. The van der Waals surface area contributed by atoms with Gasteiger partial charge in [0, 0.05) is 10.2 Å². The van der Waals surface area contributed by atoms with Gasteiger partial charge in [0.2, 0.25) is 0 Å². The lowest BCUT2D eigenvalue weighted by Crippen LogP contribution is -2.21. The Balaban J connectivity index is 1.99. The minimum Gasteiger partial charge on any atom is -0.483 e. The first-order valence-corrected chi connectivity index (χ1v) is 10.6. The van der Waals surface area contributed by atoms with Crippen molar-refractivity contribution in [3.63, 3.8) is 0 Å². The van der Waals surface area contributed by atoms with Gasteiger partial charge in [-0.05, 0) is 60.7 Å². The number of rotatable bonds is 9. The average Bonchev–Trinajstić information content (AvgIpc) is 2.68. The van der Waals surface area contributed by atoms with Crippen LogP contribution in [0.1, 0.15) is 61.0 Å². The van der Waals surface area contributed by atoms with E-state index in [1.165, 1.54) is 0 Å². The predicted molar refractivity (Wildman–Crippen MR) is 119 cm³/mol.